The molecule has 0 amide bonds. The van der Waals surface area contributed by atoms with Gasteiger partial charge in [0.25, 0.3) is 0 Å². The number of ketones is 1. The molecule has 0 radical (unpaired) electrons. The molecule has 2 aromatic carbocycles. The number of fused-ring (bicyclic) bond motifs is 2. The van der Waals surface area contributed by atoms with E-state index >= 15 is 0 Å². The van der Waals surface area contributed by atoms with E-state index in [1.807, 2.05) is 24.3 Å². The van der Waals surface area contributed by atoms with Crippen molar-refractivity contribution < 1.29 is 19.4 Å². The van der Waals surface area contributed by atoms with Gasteiger partial charge in [-0.25, -0.2) is 0 Å². The lowest BCUT2D eigenvalue weighted by atomic mass is 10.1. The van der Waals surface area contributed by atoms with Gasteiger partial charge in [0.1, 0.15) is 24.2 Å². The van der Waals surface area contributed by atoms with E-state index < -0.39 is 6.10 Å². The van der Waals surface area contributed by atoms with Crippen molar-refractivity contribution in [2.45, 2.75) is 31.0 Å². The molecule has 2 heterocycles. The van der Waals surface area contributed by atoms with E-state index in [1.54, 1.807) is 31.4 Å². The molecule has 0 aliphatic carbocycles. The standard InChI is InChI=1S/C25H29N3O4/c1-31-23-10-4-19(5-11-23)25(30)16-27-13-20-6-7-21(14-27)28(20)15-22(29)17-32-24-8-2-18(12-26)3-9-24/h2-5,8-11,20-22,29H,6-7,13-17H2,1H3. The van der Waals surface area contributed by atoms with E-state index in [1.165, 1.54) is 0 Å². The fourth-order valence-corrected chi connectivity index (χ4v) is 4.69. The number of benzene rings is 2. The number of nitriles is 1. The predicted octanol–water partition coefficient (Wildman–Crippen LogP) is 2.34. The maximum absolute atomic E-state index is 12.7. The summed E-state index contributed by atoms with van der Waals surface area (Å²) in [6.45, 7) is 2.86. The van der Waals surface area contributed by atoms with E-state index in [4.69, 9.17) is 14.7 Å². The number of nitrogens with zero attached hydrogens (tertiary/aromatic N) is 3. The first-order valence-corrected chi connectivity index (χ1v) is 11.0. The first-order chi connectivity index (χ1) is 15.6. The number of aliphatic hydroxyl groups is 1. The molecule has 32 heavy (non-hydrogen) atoms. The lowest BCUT2D eigenvalue weighted by Gasteiger charge is -2.41. The summed E-state index contributed by atoms with van der Waals surface area (Å²) in [7, 11) is 1.61. The smallest absolute Gasteiger partial charge is 0.176 e. The van der Waals surface area contributed by atoms with Crippen LogP contribution in [0.5, 0.6) is 11.5 Å². The highest BCUT2D eigenvalue weighted by Crippen LogP contribution is 2.30. The van der Waals surface area contributed by atoms with Crippen molar-refractivity contribution in [3.05, 3.63) is 59.7 Å². The van der Waals surface area contributed by atoms with Crippen LogP contribution in [-0.2, 0) is 0 Å². The quantitative estimate of drug-likeness (QED) is 0.605. The Bertz CT molecular complexity index is 941. The normalized spacial score (nSPS) is 21.7. The number of hydrogen-bond donors (Lipinski definition) is 1. The summed E-state index contributed by atoms with van der Waals surface area (Å²) in [4.78, 5) is 17.3. The number of carbonyl (C=O) groups is 1. The molecule has 2 aromatic rings. The molecule has 2 aliphatic rings. The van der Waals surface area contributed by atoms with Crippen molar-refractivity contribution in [3.63, 3.8) is 0 Å². The molecule has 2 bridgehead atoms. The van der Waals surface area contributed by atoms with Gasteiger partial charge in [-0.1, -0.05) is 0 Å². The number of Topliss-reactive ketones (excluding diaryl/α,β-unsaturated/α-hetero) is 1. The van der Waals surface area contributed by atoms with Crippen LogP contribution in [0.1, 0.15) is 28.8 Å². The third kappa shape index (κ3) is 5.28. The summed E-state index contributed by atoms with van der Waals surface area (Å²) >= 11 is 0. The fourth-order valence-electron chi connectivity index (χ4n) is 4.69. The molecule has 3 atom stereocenters. The maximum Gasteiger partial charge on any atom is 0.176 e. The number of aliphatic hydroxyl groups excluding tert-OH is 1. The number of carbonyl (C=O) groups excluding carboxylic acids is 1. The zero-order valence-electron chi connectivity index (χ0n) is 18.3. The number of ether oxygens (including phenoxy) is 2. The summed E-state index contributed by atoms with van der Waals surface area (Å²) in [6.07, 6.45) is 1.57. The summed E-state index contributed by atoms with van der Waals surface area (Å²) < 4.78 is 10.9. The largest absolute Gasteiger partial charge is 0.497 e. The second-order valence-corrected chi connectivity index (χ2v) is 8.53. The Kier molecular flexibility index (Phi) is 7.05. The molecule has 1 N–H and O–H groups in total. The molecule has 0 aromatic heterocycles. The topological polar surface area (TPSA) is 86.0 Å². The molecule has 2 aliphatic heterocycles. The van der Waals surface area contributed by atoms with Crippen molar-refractivity contribution in [1.29, 1.82) is 5.26 Å². The molecule has 3 unspecified atom stereocenters. The van der Waals surface area contributed by atoms with Crippen LogP contribution >= 0.6 is 0 Å². The zero-order chi connectivity index (χ0) is 22.5. The van der Waals surface area contributed by atoms with E-state index in [9.17, 15) is 9.90 Å². The maximum atomic E-state index is 12.7. The Labute approximate surface area is 188 Å². The minimum Gasteiger partial charge on any atom is -0.497 e. The van der Waals surface area contributed by atoms with Crippen molar-refractivity contribution >= 4 is 5.78 Å². The van der Waals surface area contributed by atoms with Gasteiger partial charge in [-0.3, -0.25) is 14.6 Å². The highest BCUT2D eigenvalue weighted by Gasteiger charge is 2.40. The Hall–Kier alpha value is -2.92. The molecule has 2 saturated heterocycles. The van der Waals surface area contributed by atoms with Gasteiger partial charge < -0.3 is 14.6 Å². The van der Waals surface area contributed by atoms with Gasteiger partial charge in [-0.15, -0.1) is 0 Å². The van der Waals surface area contributed by atoms with Crippen LogP contribution in [0.3, 0.4) is 0 Å². The molecule has 4 rings (SSSR count). The molecule has 0 spiro atoms. The van der Waals surface area contributed by atoms with Crippen LogP contribution in [0.2, 0.25) is 0 Å². The minimum atomic E-state index is -0.596. The van der Waals surface area contributed by atoms with Crippen LogP contribution in [0, 0.1) is 11.3 Å². The summed E-state index contributed by atoms with van der Waals surface area (Å²) in [5.74, 6) is 1.51. The number of methoxy groups -OCH3 is 1. The number of likely N-dealkylation sites (tertiary alicyclic amines) is 1. The molecular formula is C25H29N3O4. The van der Waals surface area contributed by atoms with Gasteiger partial charge in [-0.2, -0.15) is 5.26 Å². The van der Waals surface area contributed by atoms with Gasteiger partial charge in [0, 0.05) is 37.3 Å². The van der Waals surface area contributed by atoms with Gasteiger partial charge in [0.15, 0.2) is 5.78 Å². The van der Waals surface area contributed by atoms with E-state index in [2.05, 4.69) is 15.9 Å². The van der Waals surface area contributed by atoms with Crippen LogP contribution in [-0.4, -0.2) is 78.8 Å². The minimum absolute atomic E-state index is 0.122. The lowest BCUT2D eigenvalue weighted by molar-refractivity contribution is 0.0119. The summed E-state index contributed by atoms with van der Waals surface area (Å²) in [6, 6.07) is 16.9. The van der Waals surface area contributed by atoms with Crippen LogP contribution < -0.4 is 9.47 Å². The Morgan fingerprint density at radius 3 is 2.31 bits per heavy atom. The van der Waals surface area contributed by atoms with Crippen molar-refractivity contribution in [3.8, 4) is 17.6 Å². The Morgan fingerprint density at radius 1 is 1.09 bits per heavy atom. The second-order valence-electron chi connectivity index (χ2n) is 8.53. The van der Waals surface area contributed by atoms with E-state index in [-0.39, 0.29) is 12.4 Å². The SMILES string of the molecule is COc1ccc(C(=O)CN2CC3CCC(C2)N3CC(O)COc2ccc(C#N)cc2)cc1. The second kappa shape index (κ2) is 10.1. The summed E-state index contributed by atoms with van der Waals surface area (Å²) in [5.41, 5.74) is 1.29. The first-order valence-electron chi connectivity index (χ1n) is 11.0. The predicted molar refractivity (Wildman–Crippen MR) is 120 cm³/mol. The molecule has 2 fully saturated rings. The molecular weight excluding hydrogens is 406 g/mol. The molecule has 168 valence electrons. The number of rotatable bonds is 9. The number of piperazine rings is 1. The van der Waals surface area contributed by atoms with Gasteiger partial charge in [0.2, 0.25) is 0 Å². The van der Waals surface area contributed by atoms with Crippen molar-refractivity contribution in [2.75, 3.05) is 39.9 Å². The molecule has 0 saturated carbocycles. The van der Waals surface area contributed by atoms with Crippen LogP contribution in [0.4, 0.5) is 0 Å². The Morgan fingerprint density at radius 2 is 1.72 bits per heavy atom. The fraction of sp³-hybridized carbons (Fsp3) is 0.440. The van der Waals surface area contributed by atoms with E-state index in [0.717, 1.165) is 31.7 Å². The van der Waals surface area contributed by atoms with Crippen LogP contribution in [0.25, 0.3) is 0 Å². The average molecular weight is 436 g/mol. The highest BCUT2D eigenvalue weighted by molar-refractivity contribution is 5.97. The third-order valence-corrected chi connectivity index (χ3v) is 6.34. The van der Waals surface area contributed by atoms with E-state index in [0.29, 0.717) is 42.0 Å². The first kappa shape index (κ1) is 22.3. The number of hydrogen-bond acceptors (Lipinski definition) is 7. The van der Waals surface area contributed by atoms with Gasteiger partial charge in [-0.05, 0) is 61.4 Å². The highest BCUT2D eigenvalue weighted by atomic mass is 16.5. The average Bonchev–Trinajstić information content (AvgIpc) is 3.05. The summed E-state index contributed by atoms with van der Waals surface area (Å²) in [5, 5.41) is 19.4. The lowest BCUT2D eigenvalue weighted by Crippen LogP contribution is -2.56. The molecule has 7 heteroatoms. The molecule has 7 nitrogen and oxygen atoms in total. The van der Waals surface area contributed by atoms with Crippen LogP contribution in [0.15, 0.2) is 48.5 Å². The van der Waals surface area contributed by atoms with Crippen molar-refractivity contribution in [1.82, 2.24) is 9.80 Å². The van der Waals surface area contributed by atoms with Crippen molar-refractivity contribution in [2.24, 2.45) is 0 Å². The third-order valence-electron chi connectivity index (χ3n) is 6.34. The monoisotopic (exact) mass is 435 g/mol. The Balaban J connectivity index is 1.26. The van der Waals surface area contributed by atoms with Gasteiger partial charge >= 0.3 is 0 Å². The van der Waals surface area contributed by atoms with Gasteiger partial charge in [0.05, 0.1) is 25.3 Å². The zero-order valence-corrected chi connectivity index (χ0v) is 18.3.